The molecular weight excluding hydrogens is 268 g/mol. The molecule has 0 unspecified atom stereocenters. The molecule has 0 aromatic carbocycles. The van der Waals surface area contributed by atoms with Crippen LogP contribution in [0.25, 0.3) is 0 Å². The molecule has 116 valence electrons. The largest absolute Gasteiger partial charge is 0.390 e. The summed E-state index contributed by atoms with van der Waals surface area (Å²) in [6, 6.07) is 0. The van der Waals surface area contributed by atoms with Gasteiger partial charge in [-0.05, 0) is 5.92 Å². The summed E-state index contributed by atoms with van der Waals surface area (Å²) in [6.45, 7) is 3.83. The van der Waals surface area contributed by atoms with E-state index in [-0.39, 0.29) is 43.7 Å². The van der Waals surface area contributed by atoms with Gasteiger partial charge in [-0.2, -0.15) is 0 Å². The first kappa shape index (κ1) is 14.6. The van der Waals surface area contributed by atoms with Crippen molar-refractivity contribution in [2.75, 3.05) is 26.4 Å². The first-order valence-electron chi connectivity index (χ1n) is 7.08. The molecule has 4 fully saturated rings. The Kier molecular flexibility index (Phi) is 4.28. The van der Waals surface area contributed by atoms with Crippen molar-refractivity contribution in [3.05, 3.63) is 0 Å². The van der Waals surface area contributed by atoms with Gasteiger partial charge in [0, 0.05) is 5.92 Å². The molecule has 4 aliphatic rings. The molecular formula is C13H22O7. The Hall–Kier alpha value is -0.280. The van der Waals surface area contributed by atoms with Crippen molar-refractivity contribution >= 4 is 0 Å². The molecule has 6 atom stereocenters. The third kappa shape index (κ3) is 2.59. The van der Waals surface area contributed by atoms with E-state index in [1.54, 1.807) is 0 Å². The van der Waals surface area contributed by atoms with Crippen LogP contribution in [0.4, 0.5) is 0 Å². The van der Waals surface area contributed by atoms with Crippen LogP contribution in [0, 0.1) is 17.8 Å². The SMILES string of the molecule is C[C@H]1CO[C@H]2OC[C@H](O)[C@H]21.O[C@H]1COC2OC[C@H](O)C21. The van der Waals surface area contributed by atoms with Crippen LogP contribution in [0.2, 0.25) is 0 Å². The normalized spacial score (nSPS) is 53.4. The quantitative estimate of drug-likeness (QED) is 0.510. The topological polar surface area (TPSA) is 97.6 Å². The monoisotopic (exact) mass is 290 g/mol. The summed E-state index contributed by atoms with van der Waals surface area (Å²) >= 11 is 0. The zero-order valence-corrected chi connectivity index (χ0v) is 11.4. The Labute approximate surface area is 117 Å². The van der Waals surface area contributed by atoms with Gasteiger partial charge >= 0.3 is 0 Å². The van der Waals surface area contributed by atoms with Crippen molar-refractivity contribution in [2.45, 2.75) is 37.8 Å². The van der Waals surface area contributed by atoms with Crippen molar-refractivity contribution in [1.29, 1.82) is 0 Å². The van der Waals surface area contributed by atoms with Crippen LogP contribution in [0.15, 0.2) is 0 Å². The molecule has 20 heavy (non-hydrogen) atoms. The molecule has 0 aromatic heterocycles. The van der Waals surface area contributed by atoms with E-state index in [1.807, 2.05) is 0 Å². The van der Waals surface area contributed by atoms with Crippen molar-refractivity contribution in [3.63, 3.8) is 0 Å². The lowest BCUT2D eigenvalue weighted by atomic mass is 9.93. The van der Waals surface area contributed by atoms with Gasteiger partial charge < -0.3 is 34.3 Å². The van der Waals surface area contributed by atoms with Gasteiger partial charge in [0.25, 0.3) is 0 Å². The fourth-order valence-corrected chi connectivity index (χ4v) is 3.26. The van der Waals surface area contributed by atoms with E-state index in [2.05, 4.69) is 6.92 Å². The molecule has 0 bridgehead atoms. The van der Waals surface area contributed by atoms with E-state index < -0.39 is 12.2 Å². The Balaban J connectivity index is 0.000000121. The van der Waals surface area contributed by atoms with E-state index in [0.29, 0.717) is 12.5 Å². The fraction of sp³-hybridized carbons (Fsp3) is 1.00. The zero-order chi connectivity index (χ0) is 14.3. The molecule has 0 aromatic rings. The fourth-order valence-electron chi connectivity index (χ4n) is 3.26. The molecule has 4 rings (SSSR count). The van der Waals surface area contributed by atoms with E-state index in [9.17, 15) is 15.3 Å². The Morgan fingerprint density at radius 1 is 0.650 bits per heavy atom. The van der Waals surface area contributed by atoms with Gasteiger partial charge in [-0.25, -0.2) is 0 Å². The highest BCUT2D eigenvalue weighted by atomic mass is 16.7. The first-order chi connectivity index (χ1) is 9.58. The maximum atomic E-state index is 9.36. The lowest BCUT2D eigenvalue weighted by molar-refractivity contribution is -0.0912. The number of hydrogen-bond acceptors (Lipinski definition) is 7. The van der Waals surface area contributed by atoms with Crippen molar-refractivity contribution in [1.82, 2.24) is 0 Å². The second-order valence-electron chi connectivity index (χ2n) is 5.90. The number of hydrogen-bond donors (Lipinski definition) is 3. The second kappa shape index (κ2) is 5.84. The highest BCUT2D eigenvalue weighted by Gasteiger charge is 2.46. The number of fused-ring (bicyclic) bond motifs is 2. The minimum atomic E-state index is -0.553. The van der Waals surface area contributed by atoms with Crippen molar-refractivity contribution in [3.8, 4) is 0 Å². The lowest BCUT2D eigenvalue weighted by Gasteiger charge is -2.12. The molecule has 0 radical (unpaired) electrons. The third-order valence-electron chi connectivity index (χ3n) is 4.44. The van der Waals surface area contributed by atoms with Gasteiger partial charge in [0.1, 0.15) is 0 Å². The van der Waals surface area contributed by atoms with Gasteiger partial charge in [-0.15, -0.1) is 0 Å². The molecule has 0 spiro atoms. The minimum absolute atomic E-state index is 0.120. The number of aliphatic hydroxyl groups excluding tert-OH is 3. The van der Waals surface area contributed by atoms with Crippen LogP contribution in [-0.4, -0.2) is 72.6 Å². The standard InChI is InChI=1S/C7H12O3.C6H10O4/c1-4-2-9-7-6(4)5(8)3-10-7;7-3-1-9-6-5(3)4(8)2-10-6/h4-8H,2-3H2,1H3;3-8H,1-2H2/t4-,5-,6+,7-;3-,4-,5?,6?/m00/s1. The smallest absolute Gasteiger partial charge is 0.165 e. The molecule has 4 saturated heterocycles. The highest BCUT2D eigenvalue weighted by molar-refractivity contribution is 4.88. The maximum Gasteiger partial charge on any atom is 0.165 e. The lowest BCUT2D eigenvalue weighted by Crippen LogP contribution is -2.29. The van der Waals surface area contributed by atoms with Crippen LogP contribution < -0.4 is 0 Å². The Morgan fingerprint density at radius 3 is 1.50 bits per heavy atom. The van der Waals surface area contributed by atoms with E-state index in [4.69, 9.17) is 18.9 Å². The molecule has 0 amide bonds. The zero-order valence-electron chi connectivity index (χ0n) is 11.4. The van der Waals surface area contributed by atoms with Gasteiger partial charge in [0.05, 0.1) is 50.7 Å². The first-order valence-corrected chi connectivity index (χ1v) is 7.08. The highest BCUT2D eigenvalue weighted by Crippen LogP contribution is 2.35. The van der Waals surface area contributed by atoms with Gasteiger partial charge in [0.15, 0.2) is 12.6 Å². The Morgan fingerprint density at radius 2 is 1.05 bits per heavy atom. The van der Waals surface area contributed by atoms with Gasteiger partial charge in [-0.3, -0.25) is 0 Å². The van der Waals surface area contributed by atoms with E-state index in [1.165, 1.54) is 0 Å². The summed E-state index contributed by atoms with van der Waals surface area (Å²) in [6.07, 6.45) is -1.90. The third-order valence-corrected chi connectivity index (χ3v) is 4.44. The van der Waals surface area contributed by atoms with E-state index >= 15 is 0 Å². The van der Waals surface area contributed by atoms with Crippen LogP contribution >= 0.6 is 0 Å². The summed E-state index contributed by atoms with van der Waals surface area (Å²) in [5.41, 5.74) is 0. The summed E-state index contributed by atoms with van der Waals surface area (Å²) in [5.74, 6) is 0.447. The molecule has 0 saturated carbocycles. The summed E-state index contributed by atoms with van der Waals surface area (Å²) in [4.78, 5) is 0. The average Bonchev–Trinajstić information content (AvgIpc) is 3.13. The Bertz CT molecular complexity index is 279. The summed E-state index contributed by atoms with van der Waals surface area (Å²) in [5, 5.41) is 27.8. The van der Waals surface area contributed by atoms with Crippen LogP contribution in [0.1, 0.15) is 6.92 Å². The molecule has 7 heteroatoms. The molecule has 7 nitrogen and oxygen atoms in total. The molecule has 4 heterocycles. The predicted molar refractivity (Wildman–Crippen MR) is 65.5 cm³/mol. The van der Waals surface area contributed by atoms with Crippen LogP contribution in [0.5, 0.6) is 0 Å². The molecule has 3 N–H and O–H groups in total. The minimum Gasteiger partial charge on any atom is -0.390 e. The van der Waals surface area contributed by atoms with E-state index in [0.717, 1.165) is 6.61 Å². The number of rotatable bonds is 0. The predicted octanol–water partition coefficient (Wildman–Crippen LogP) is -1.30. The summed E-state index contributed by atoms with van der Waals surface area (Å²) < 4.78 is 20.5. The van der Waals surface area contributed by atoms with Crippen LogP contribution in [0.3, 0.4) is 0 Å². The number of ether oxygens (including phenoxy) is 4. The number of aliphatic hydroxyl groups is 3. The van der Waals surface area contributed by atoms with Gasteiger partial charge in [0.2, 0.25) is 0 Å². The molecule has 4 aliphatic heterocycles. The maximum absolute atomic E-state index is 9.36. The second-order valence-corrected chi connectivity index (χ2v) is 5.90. The molecule has 0 aliphatic carbocycles. The van der Waals surface area contributed by atoms with Crippen LogP contribution in [-0.2, 0) is 18.9 Å². The average molecular weight is 290 g/mol. The van der Waals surface area contributed by atoms with Crippen molar-refractivity contribution < 1.29 is 34.3 Å². The summed E-state index contributed by atoms with van der Waals surface area (Å²) in [7, 11) is 0. The van der Waals surface area contributed by atoms with Gasteiger partial charge in [-0.1, -0.05) is 6.92 Å². The van der Waals surface area contributed by atoms with Crippen molar-refractivity contribution in [2.24, 2.45) is 17.8 Å².